The second kappa shape index (κ2) is 8.77. The minimum atomic E-state index is -3.60. The van der Waals surface area contributed by atoms with Crippen molar-refractivity contribution in [3.05, 3.63) is 46.7 Å². The Labute approximate surface area is 185 Å². The highest BCUT2D eigenvalue weighted by atomic mass is 32.2. The van der Waals surface area contributed by atoms with Crippen molar-refractivity contribution in [2.75, 3.05) is 25.0 Å². The summed E-state index contributed by atoms with van der Waals surface area (Å²) in [6.07, 6.45) is 0. The summed E-state index contributed by atoms with van der Waals surface area (Å²) in [5.41, 5.74) is -0.197. The van der Waals surface area contributed by atoms with Crippen LogP contribution in [0.5, 0.6) is 0 Å². The molecular formula is C20H24N4O5S2. The third kappa shape index (κ3) is 4.34. The van der Waals surface area contributed by atoms with Crippen LogP contribution in [0.1, 0.15) is 26.3 Å². The molecule has 4 amide bonds. The third-order valence-electron chi connectivity index (χ3n) is 5.16. The number of amides is 4. The van der Waals surface area contributed by atoms with Crippen molar-refractivity contribution >= 4 is 44.9 Å². The summed E-state index contributed by atoms with van der Waals surface area (Å²) in [6, 6.07) is 6.86. The van der Waals surface area contributed by atoms with E-state index in [1.807, 2.05) is 0 Å². The topological polar surface area (TPSA) is 116 Å². The van der Waals surface area contributed by atoms with Gasteiger partial charge in [0.15, 0.2) is 0 Å². The van der Waals surface area contributed by atoms with Gasteiger partial charge in [-0.05, 0) is 53.6 Å². The molecule has 3 rings (SSSR count). The molecular weight excluding hydrogens is 440 g/mol. The monoisotopic (exact) mass is 464 g/mol. The summed E-state index contributed by atoms with van der Waals surface area (Å²) in [7, 11) is -3.60. The van der Waals surface area contributed by atoms with E-state index in [2.05, 4.69) is 10.6 Å². The van der Waals surface area contributed by atoms with Crippen LogP contribution >= 0.6 is 11.3 Å². The van der Waals surface area contributed by atoms with Crippen LogP contribution in [0.3, 0.4) is 0 Å². The number of anilines is 1. The Morgan fingerprint density at radius 3 is 2.35 bits per heavy atom. The second-order valence-electron chi connectivity index (χ2n) is 7.12. The number of sulfonamides is 1. The molecule has 0 aliphatic carbocycles. The fourth-order valence-electron chi connectivity index (χ4n) is 3.35. The highest BCUT2D eigenvalue weighted by Crippen LogP contribution is 2.30. The lowest BCUT2D eigenvalue weighted by Gasteiger charge is -2.20. The molecule has 31 heavy (non-hydrogen) atoms. The van der Waals surface area contributed by atoms with Crippen molar-refractivity contribution < 1.29 is 22.8 Å². The van der Waals surface area contributed by atoms with E-state index in [1.54, 1.807) is 37.6 Å². The van der Waals surface area contributed by atoms with E-state index in [0.717, 1.165) is 4.90 Å². The van der Waals surface area contributed by atoms with Crippen LogP contribution in [0, 0.1) is 0 Å². The van der Waals surface area contributed by atoms with Gasteiger partial charge in [-0.1, -0.05) is 13.8 Å². The van der Waals surface area contributed by atoms with Crippen LogP contribution in [0.15, 0.2) is 46.0 Å². The van der Waals surface area contributed by atoms with E-state index < -0.39 is 40.0 Å². The van der Waals surface area contributed by atoms with Crippen molar-refractivity contribution in [1.29, 1.82) is 0 Å². The zero-order chi connectivity index (χ0) is 22.8. The minimum absolute atomic E-state index is 0.120. The van der Waals surface area contributed by atoms with E-state index in [0.29, 0.717) is 24.3 Å². The maximum absolute atomic E-state index is 12.8. The number of carbonyl (C=O) groups excluding carboxylic acids is 3. The SMILES string of the molecule is CCN(CC)S(=O)(=O)c1ccc(NC(=O)CN2C(=O)NC(C)(c3ccsc3)C2=O)cc1. The number of imide groups is 1. The molecule has 1 aromatic carbocycles. The molecule has 9 nitrogen and oxygen atoms in total. The Bertz CT molecular complexity index is 1080. The molecule has 2 heterocycles. The highest BCUT2D eigenvalue weighted by Gasteiger charge is 2.49. The van der Waals surface area contributed by atoms with Gasteiger partial charge in [0.25, 0.3) is 5.91 Å². The molecule has 1 aromatic heterocycles. The fraction of sp³-hybridized carbons (Fsp3) is 0.350. The Kier molecular flexibility index (Phi) is 6.48. The lowest BCUT2D eigenvalue weighted by atomic mass is 9.95. The number of carbonyl (C=O) groups is 3. The van der Waals surface area contributed by atoms with Gasteiger partial charge >= 0.3 is 6.03 Å². The van der Waals surface area contributed by atoms with Gasteiger partial charge in [-0.15, -0.1) is 0 Å². The highest BCUT2D eigenvalue weighted by molar-refractivity contribution is 7.89. The maximum Gasteiger partial charge on any atom is 0.325 e. The zero-order valence-corrected chi connectivity index (χ0v) is 19.0. The molecule has 0 bridgehead atoms. The second-order valence-corrected chi connectivity index (χ2v) is 9.84. The summed E-state index contributed by atoms with van der Waals surface area (Å²) in [4.78, 5) is 38.5. The Morgan fingerprint density at radius 2 is 1.81 bits per heavy atom. The first-order chi connectivity index (χ1) is 14.6. The van der Waals surface area contributed by atoms with Crippen LogP contribution in [-0.4, -0.2) is 55.1 Å². The maximum atomic E-state index is 12.8. The fourth-order valence-corrected chi connectivity index (χ4v) is 5.57. The zero-order valence-electron chi connectivity index (χ0n) is 17.4. The smallest absolute Gasteiger partial charge is 0.325 e. The third-order valence-corrected chi connectivity index (χ3v) is 7.90. The number of rotatable bonds is 8. The standard InChI is InChI=1S/C20H24N4O5S2/c1-4-23(5-2)31(28,29)16-8-6-15(7-9-16)21-17(25)12-24-18(26)20(3,22-19(24)27)14-10-11-30-13-14/h6-11,13H,4-5,12H2,1-3H3,(H,21,25)(H,22,27). The van der Waals surface area contributed by atoms with E-state index >= 15 is 0 Å². The lowest BCUT2D eigenvalue weighted by molar-refractivity contribution is -0.133. The van der Waals surface area contributed by atoms with Crippen molar-refractivity contribution in [1.82, 2.24) is 14.5 Å². The van der Waals surface area contributed by atoms with Crippen LogP contribution in [0.4, 0.5) is 10.5 Å². The van der Waals surface area contributed by atoms with Crippen molar-refractivity contribution in [3.8, 4) is 0 Å². The number of hydrogen-bond acceptors (Lipinski definition) is 6. The van der Waals surface area contributed by atoms with E-state index in [4.69, 9.17) is 0 Å². The molecule has 2 aromatic rings. The molecule has 2 N–H and O–H groups in total. The van der Waals surface area contributed by atoms with Gasteiger partial charge in [-0.3, -0.25) is 14.5 Å². The predicted molar refractivity (Wildman–Crippen MR) is 117 cm³/mol. The first-order valence-electron chi connectivity index (χ1n) is 9.70. The number of hydrogen-bond donors (Lipinski definition) is 2. The molecule has 11 heteroatoms. The molecule has 0 radical (unpaired) electrons. The Balaban J connectivity index is 1.67. The first kappa shape index (κ1) is 22.9. The molecule has 166 valence electrons. The summed E-state index contributed by atoms with van der Waals surface area (Å²) in [5, 5.41) is 8.81. The number of nitrogens with one attached hydrogen (secondary N) is 2. The minimum Gasteiger partial charge on any atom is -0.325 e. The molecule has 1 unspecified atom stereocenters. The molecule has 0 saturated carbocycles. The molecule has 1 aliphatic rings. The van der Waals surface area contributed by atoms with Crippen LogP contribution in [0.2, 0.25) is 0 Å². The molecule has 1 fully saturated rings. The van der Waals surface area contributed by atoms with E-state index in [1.165, 1.54) is 39.9 Å². The van der Waals surface area contributed by atoms with Crippen molar-refractivity contribution in [2.24, 2.45) is 0 Å². The average molecular weight is 465 g/mol. The first-order valence-corrected chi connectivity index (χ1v) is 12.1. The summed E-state index contributed by atoms with van der Waals surface area (Å²) >= 11 is 1.41. The number of nitrogens with zero attached hydrogens (tertiary/aromatic N) is 2. The predicted octanol–water partition coefficient (Wildman–Crippen LogP) is 2.18. The molecule has 1 atom stereocenters. The average Bonchev–Trinajstić information content (AvgIpc) is 3.34. The van der Waals surface area contributed by atoms with Crippen molar-refractivity contribution in [3.63, 3.8) is 0 Å². The quantitative estimate of drug-likeness (QED) is 0.581. The van der Waals surface area contributed by atoms with Gasteiger partial charge in [-0.2, -0.15) is 15.6 Å². The van der Waals surface area contributed by atoms with Crippen LogP contribution in [-0.2, 0) is 25.2 Å². The largest absolute Gasteiger partial charge is 0.325 e. The summed E-state index contributed by atoms with van der Waals surface area (Å²) in [5.74, 6) is -1.08. The van der Waals surface area contributed by atoms with Gasteiger partial charge in [0.1, 0.15) is 12.1 Å². The van der Waals surface area contributed by atoms with Gasteiger partial charge < -0.3 is 10.6 Å². The van der Waals surface area contributed by atoms with E-state index in [9.17, 15) is 22.8 Å². The molecule has 1 saturated heterocycles. The lowest BCUT2D eigenvalue weighted by Crippen LogP contribution is -2.41. The molecule has 0 spiro atoms. The van der Waals surface area contributed by atoms with Gasteiger partial charge in [0, 0.05) is 18.8 Å². The summed E-state index contributed by atoms with van der Waals surface area (Å²) < 4.78 is 26.4. The van der Waals surface area contributed by atoms with E-state index in [-0.39, 0.29) is 4.90 Å². The number of benzene rings is 1. The Morgan fingerprint density at radius 1 is 1.16 bits per heavy atom. The summed E-state index contributed by atoms with van der Waals surface area (Å²) in [6.45, 7) is 5.37. The normalized spacial score (nSPS) is 19.0. The number of thiophene rings is 1. The van der Waals surface area contributed by atoms with Gasteiger partial charge in [0.2, 0.25) is 15.9 Å². The number of urea groups is 1. The van der Waals surface area contributed by atoms with Crippen LogP contribution in [0.25, 0.3) is 0 Å². The van der Waals surface area contributed by atoms with Gasteiger partial charge in [-0.25, -0.2) is 13.2 Å². The van der Waals surface area contributed by atoms with Gasteiger partial charge in [0.05, 0.1) is 4.90 Å². The molecule has 1 aliphatic heterocycles. The van der Waals surface area contributed by atoms with Crippen molar-refractivity contribution in [2.45, 2.75) is 31.2 Å². The Hall–Kier alpha value is -2.76. The van der Waals surface area contributed by atoms with Crippen LogP contribution < -0.4 is 10.6 Å².